The van der Waals surface area contributed by atoms with E-state index in [1.54, 1.807) is 0 Å². The second kappa shape index (κ2) is 5.47. The average Bonchev–Trinajstić information content (AvgIpc) is 1.63. The fourth-order valence-electron chi connectivity index (χ4n) is 0.149. The Kier molecular flexibility index (Phi) is 5.89. The Balaban J connectivity index is 3.26. The standard InChI is InChI=1S/CH6O5S3/c1-8(5-7-2)6-9(3)4/h2,8H,1H3,(H,3,4). The van der Waals surface area contributed by atoms with Gasteiger partial charge in [0.15, 0.2) is 12.3 Å². The first-order valence-corrected chi connectivity index (χ1v) is 5.03. The van der Waals surface area contributed by atoms with Gasteiger partial charge in [-0.25, -0.2) is 0 Å². The summed E-state index contributed by atoms with van der Waals surface area (Å²) >= 11 is -3.67. The van der Waals surface area contributed by atoms with Crippen molar-refractivity contribution in [3.63, 3.8) is 0 Å². The van der Waals surface area contributed by atoms with Crippen molar-refractivity contribution in [1.29, 1.82) is 0 Å². The SMILES string of the molecule is C[SH](OSO)OS(=O)O. The Labute approximate surface area is 62.4 Å². The Morgan fingerprint density at radius 2 is 2.33 bits per heavy atom. The predicted octanol–water partition coefficient (Wildman–Crippen LogP) is 0.738. The highest BCUT2D eigenvalue weighted by Gasteiger charge is 1.97. The zero-order chi connectivity index (χ0) is 7.28. The van der Waals surface area contributed by atoms with Crippen LogP contribution >= 0.6 is 23.8 Å². The summed E-state index contributed by atoms with van der Waals surface area (Å²) in [6.45, 7) is 0. The van der Waals surface area contributed by atoms with Gasteiger partial charge in [-0.05, 0) is 0 Å². The maximum atomic E-state index is 9.82. The molecule has 0 aliphatic rings. The van der Waals surface area contributed by atoms with Gasteiger partial charge in [0, 0.05) is 6.26 Å². The molecule has 0 bridgehead atoms. The summed E-state index contributed by atoms with van der Waals surface area (Å²) in [5.41, 5.74) is 0. The van der Waals surface area contributed by atoms with Gasteiger partial charge in [0.05, 0.1) is 0 Å². The summed E-state index contributed by atoms with van der Waals surface area (Å²) < 4.78 is 34.4. The minimum Gasteiger partial charge on any atom is -0.306 e. The van der Waals surface area contributed by atoms with Crippen molar-refractivity contribution in [1.82, 2.24) is 0 Å². The van der Waals surface area contributed by atoms with E-state index in [0.717, 1.165) is 0 Å². The van der Waals surface area contributed by atoms with Crippen molar-refractivity contribution in [2.75, 3.05) is 6.26 Å². The van der Waals surface area contributed by atoms with E-state index in [-0.39, 0.29) is 12.3 Å². The van der Waals surface area contributed by atoms with Gasteiger partial charge in [-0.15, -0.1) is 0 Å². The molecule has 0 aromatic rings. The molecule has 0 rings (SSSR count). The molecule has 0 fully saturated rings. The monoisotopic (exact) mass is 194 g/mol. The van der Waals surface area contributed by atoms with Crippen LogP contribution < -0.4 is 0 Å². The second-order valence-electron chi connectivity index (χ2n) is 0.880. The van der Waals surface area contributed by atoms with E-state index in [1.807, 2.05) is 0 Å². The fraction of sp³-hybridized carbons (Fsp3) is 1.00. The lowest BCUT2D eigenvalue weighted by Crippen LogP contribution is -1.91. The van der Waals surface area contributed by atoms with Crippen molar-refractivity contribution < 1.29 is 20.6 Å². The van der Waals surface area contributed by atoms with Crippen LogP contribution in [0.5, 0.6) is 0 Å². The molecule has 2 unspecified atom stereocenters. The fourth-order valence-corrected chi connectivity index (χ4v) is 1.57. The lowest BCUT2D eigenvalue weighted by Gasteiger charge is -2.12. The maximum Gasteiger partial charge on any atom is 0.321 e. The molecule has 0 aliphatic heterocycles. The van der Waals surface area contributed by atoms with Gasteiger partial charge < -0.3 is 4.55 Å². The van der Waals surface area contributed by atoms with Crippen LogP contribution in [0.4, 0.5) is 0 Å². The molecule has 0 aliphatic carbocycles. The lowest BCUT2D eigenvalue weighted by molar-refractivity contribution is 0.462. The van der Waals surface area contributed by atoms with E-state index < -0.39 is 22.8 Å². The molecule has 0 heterocycles. The Morgan fingerprint density at radius 3 is 2.67 bits per heavy atom. The van der Waals surface area contributed by atoms with Crippen LogP contribution in [0.1, 0.15) is 0 Å². The number of thiol groups is 1. The molecule has 0 aromatic heterocycles. The van der Waals surface area contributed by atoms with Crippen molar-refractivity contribution in [2.45, 2.75) is 0 Å². The highest BCUT2D eigenvalue weighted by atomic mass is 32.3. The summed E-state index contributed by atoms with van der Waals surface area (Å²) in [7, 11) is 0. The van der Waals surface area contributed by atoms with Gasteiger partial charge >= 0.3 is 11.4 Å². The van der Waals surface area contributed by atoms with E-state index in [1.165, 1.54) is 6.26 Å². The van der Waals surface area contributed by atoms with E-state index >= 15 is 0 Å². The van der Waals surface area contributed by atoms with E-state index in [2.05, 4.69) is 7.26 Å². The van der Waals surface area contributed by atoms with Crippen molar-refractivity contribution in [3.05, 3.63) is 0 Å². The predicted molar refractivity (Wildman–Crippen MR) is 38.1 cm³/mol. The molecule has 2 N–H and O–H groups in total. The van der Waals surface area contributed by atoms with Gasteiger partial charge in [-0.3, -0.25) is 4.55 Å². The minimum atomic E-state index is -2.32. The van der Waals surface area contributed by atoms with Crippen LogP contribution in [-0.4, -0.2) is 19.6 Å². The van der Waals surface area contributed by atoms with Gasteiger partial charge in [0.2, 0.25) is 0 Å². The molecular formula is CH6O5S3. The van der Waals surface area contributed by atoms with Crippen molar-refractivity contribution >= 4 is 35.1 Å². The summed E-state index contributed by atoms with van der Waals surface area (Å²) in [5, 5.41) is 0. The quantitative estimate of drug-likeness (QED) is 0.348. The van der Waals surface area contributed by atoms with Gasteiger partial charge in [0.1, 0.15) is 0 Å². The van der Waals surface area contributed by atoms with Gasteiger partial charge in [0.25, 0.3) is 0 Å². The molecule has 5 nitrogen and oxygen atoms in total. The summed E-state index contributed by atoms with van der Waals surface area (Å²) in [4.78, 5) is 0. The average molecular weight is 194 g/mol. The molecule has 58 valence electrons. The van der Waals surface area contributed by atoms with E-state index in [4.69, 9.17) is 9.11 Å². The molecule has 0 radical (unpaired) electrons. The highest BCUT2D eigenvalue weighted by Crippen LogP contribution is 2.28. The number of hydrogen-bond donors (Lipinski definition) is 3. The molecule has 0 saturated heterocycles. The number of hydrogen-bond acceptors (Lipinski definition) is 5. The van der Waals surface area contributed by atoms with Crippen LogP contribution in [-0.2, 0) is 18.6 Å². The van der Waals surface area contributed by atoms with Gasteiger partial charge in [-0.1, -0.05) is 0 Å². The van der Waals surface area contributed by atoms with Crippen LogP contribution in [0, 0.1) is 0 Å². The third-order valence-corrected chi connectivity index (χ3v) is 2.76. The molecule has 0 saturated carbocycles. The van der Waals surface area contributed by atoms with Crippen LogP contribution in [0.2, 0.25) is 0 Å². The second-order valence-corrected chi connectivity index (χ2v) is 3.54. The van der Waals surface area contributed by atoms with Crippen LogP contribution in [0.25, 0.3) is 0 Å². The smallest absolute Gasteiger partial charge is 0.306 e. The molecule has 8 heteroatoms. The van der Waals surface area contributed by atoms with Gasteiger partial charge in [-0.2, -0.15) is 22.9 Å². The maximum absolute atomic E-state index is 9.82. The largest absolute Gasteiger partial charge is 0.321 e. The molecule has 9 heavy (non-hydrogen) atoms. The first kappa shape index (κ1) is 9.69. The summed E-state index contributed by atoms with van der Waals surface area (Å²) in [5.74, 6) is 0. The molecule has 0 amide bonds. The van der Waals surface area contributed by atoms with E-state index in [0.29, 0.717) is 0 Å². The van der Waals surface area contributed by atoms with Crippen LogP contribution in [0.15, 0.2) is 0 Å². The number of rotatable bonds is 4. The molecular weight excluding hydrogens is 188 g/mol. The van der Waals surface area contributed by atoms with E-state index in [9.17, 15) is 4.21 Å². The first-order valence-electron chi connectivity index (χ1n) is 1.68. The van der Waals surface area contributed by atoms with Crippen molar-refractivity contribution in [3.8, 4) is 0 Å². The van der Waals surface area contributed by atoms with Crippen molar-refractivity contribution in [2.24, 2.45) is 0 Å². The Hall–Kier alpha value is 0.690. The topological polar surface area (TPSA) is 76.0 Å². The Morgan fingerprint density at radius 1 is 1.78 bits per heavy atom. The Bertz CT molecular complexity index is 94.2. The highest BCUT2D eigenvalue weighted by molar-refractivity contribution is 8.17. The summed E-state index contributed by atoms with van der Waals surface area (Å²) in [6, 6.07) is 0. The third kappa shape index (κ3) is 6.58. The zero-order valence-corrected chi connectivity index (χ0v) is 6.91. The first-order chi connectivity index (χ1) is 4.16. The summed E-state index contributed by atoms with van der Waals surface area (Å²) in [6.07, 6.45) is 1.44. The normalized spacial score (nSPS) is 19.2. The minimum absolute atomic E-state index is 0.110. The molecule has 2 atom stereocenters. The molecule has 0 aromatic carbocycles. The third-order valence-electron chi connectivity index (χ3n) is 0.307. The molecule has 0 spiro atoms. The zero-order valence-electron chi connectivity index (χ0n) is 4.38. The van der Waals surface area contributed by atoms with Crippen LogP contribution in [0.3, 0.4) is 0 Å². The lowest BCUT2D eigenvalue weighted by atomic mass is 12.0.